The monoisotopic (exact) mass is 111 g/mol. The Morgan fingerprint density at radius 1 is 1.50 bits per heavy atom. The second-order valence-corrected chi connectivity index (χ2v) is 3.48. The molecular formula is C7H13N. The van der Waals surface area contributed by atoms with Crippen molar-refractivity contribution in [3.8, 4) is 0 Å². The van der Waals surface area contributed by atoms with Gasteiger partial charge >= 0.3 is 0 Å². The van der Waals surface area contributed by atoms with Crippen molar-refractivity contribution >= 4 is 0 Å². The highest BCUT2D eigenvalue weighted by molar-refractivity contribution is 5.12. The van der Waals surface area contributed by atoms with Crippen LogP contribution in [-0.2, 0) is 0 Å². The zero-order chi connectivity index (χ0) is 5.78. The Hall–Kier alpha value is -0.0400. The van der Waals surface area contributed by atoms with E-state index in [4.69, 9.17) is 5.73 Å². The molecule has 2 rings (SSSR count). The van der Waals surface area contributed by atoms with Gasteiger partial charge in [-0.3, -0.25) is 0 Å². The molecule has 2 aliphatic carbocycles. The molecule has 1 nitrogen and oxygen atoms in total. The van der Waals surface area contributed by atoms with Crippen molar-refractivity contribution in [2.75, 3.05) is 0 Å². The summed E-state index contributed by atoms with van der Waals surface area (Å²) in [5, 5.41) is 0. The summed E-state index contributed by atoms with van der Waals surface area (Å²) in [6, 6.07) is 0.567. The summed E-state index contributed by atoms with van der Waals surface area (Å²) in [6.07, 6.45) is 4.10. The van der Waals surface area contributed by atoms with Crippen LogP contribution in [0.25, 0.3) is 0 Å². The summed E-state index contributed by atoms with van der Waals surface area (Å²) in [5.74, 6) is 0.942. The van der Waals surface area contributed by atoms with Gasteiger partial charge in [0.05, 0.1) is 0 Å². The minimum absolute atomic E-state index is 0.567. The Labute approximate surface area is 50.3 Å². The maximum atomic E-state index is 5.81. The number of rotatable bonds is 0. The van der Waals surface area contributed by atoms with Crippen LogP contribution in [0.1, 0.15) is 26.2 Å². The van der Waals surface area contributed by atoms with Crippen LogP contribution in [0.5, 0.6) is 0 Å². The fraction of sp³-hybridized carbons (Fsp3) is 1.00. The Morgan fingerprint density at radius 3 is 2.25 bits per heavy atom. The summed E-state index contributed by atoms with van der Waals surface area (Å²) in [5.41, 5.74) is 6.48. The lowest BCUT2D eigenvalue weighted by Gasteiger charge is -2.41. The highest BCUT2D eigenvalue weighted by Crippen LogP contribution is 2.63. The maximum Gasteiger partial charge on any atom is 0.0101 e. The molecule has 2 unspecified atom stereocenters. The standard InChI is InChI=1S/C7H13N/c1-5-4-6(8)7(5)2-3-7/h5-6H,2-4,8H2,1H3. The van der Waals surface area contributed by atoms with Crippen LogP contribution in [0.4, 0.5) is 0 Å². The van der Waals surface area contributed by atoms with Crippen molar-refractivity contribution in [2.45, 2.75) is 32.2 Å². The Bertz CT molecular complexity index is 106. The Morgan fingerprint density at radius 2 is 2.12 bits per heavy atom. The van der Waals surface area contributed by atoms with Crippen LogP contribution in [0.3, 0.4) is 0 Å². The fourth-order valence-electron chi connectivity index (χ4n) is 2.06. The van der Waals surface area contributed by atoms with Crippen molar-refractivity contribution in [3.05, 3.63) is 0 Å². The summed E-state index contributed by atoms with van der Waals surface area (Å²) >= 11 is 0. The van der Waals surface area contributed by atoms with E-state index in [1.54, 1.807) is 0 Å². The minimum Gasteiger partial charge on any atom is -0.327 e. The first-order chi connectivity index (χ1) is 3.76. The van der Waals surface area contributed by atoms with E-state index in [1.165, 1.54) is 19.3 Å². The van der Waals surface area contributed by atoms with E-state index in [0.717, 1.165) is 5.92 Å². The van der Waals surface area contributed by atoms with E-state index in [9.17, 15) is 0 Å². The van der Waals surface area contributed by atoms with Crippen LogP contribution in [0, 0.1) is 11.3 Å². The predicted molar refractivity (Wildman–Crippen MR) is 33.4 cm³/mol. The van der Waals surface area contributed by atoms with E-state index in [2.05, 4.69) is 6.92 Å². The molecule has 46 valence electrons. The Balaban J connectivity index is 2.11. The highest BCUT2D eigenvalue weighted by Gasteiger charge is 2.58. The quantitative estimate of drug-likeness (QED) is 0.498. The molecule has 0 bridgehead atoms. The van der Waals surface area contributed by atoms with E-state index in [0.29, 0.717) is 11.5 Å². The average Bonchev–Trinajstić information content (AvgIpc) is 2.44. The largest absolute Gasteiger partial charge is 0.327 e. The first-order valence-electron chi connectivity index (χ1n) is 3.51. The first kappa shape index (κ1) is 4.80. The summed E-state index contributed by atoms with van der Waals surface area (Å²) in [4.78, 5) is 0. The van der Waals surface area contributed by atoms with Crippen molar-refractivity contribution in [1.82, 2.24) is 0 Å². The molecule has 1 heteroatoms. The third kappa shape index (κ3) is 0.334. The number of hydrogen-bond acceptors (Lipinski definition) is 1. The lowest BCUT2D eigenvalue weighted by atomic mass is 9.67. The number of nitrogens with two attached hydrogens (primary N) is 1. The molecule has 0 aromatic carbocycles. The molecule has 2 saturated carbocycles. The molecule has 2 N–H and O–H groups in total. The zero-order valence-electron chi connectivity index (χ0n) is 5.35. The predicted octanol–water partition coefficient (Wildman–Crippen LogP) is 1.13. The number of hydrogen-bond donors (Lipinski definition) is 1. The zero-order valence-corrected chi connectivity index (χ0v) is 5.35. The highest BCUT2D eigenvalue weighted by atomic mass is 14.8. The molecular weight excluding hydrogens is 98.1 g/mol. The second kappa shape index (κ2) is 1.10. The molecule has 0 aromatic rings. The van der Waals surface area contributed by atoms with Crippen LogP contribution in [0.15, 0.2) is 0 Å². The van der Waals surface area contributed by atoms with Gasteiger partial charge < -0.3 is 5.73 Å². The van der Waals surface area contributed by atoms with Gasteiger partial charge in [-0.05, 0) is 30.6 Å². The van der Waals surface area contributed by atoms with E-state index in [1.807, 2.05) is 0 Å². The van der Waals surface area contributed by atoms with Gasteiger partial charge in [-0.2, -0.15) is 0 Å². The van der Waals surface area contributed by atoms with Crippen LogP contribution in [-0.4, -0.2) is 6.04 Å². The maximum absolute atomic E-state index is 5.81. The van der Waals surface area contributed by atoms with Gasteiger partial charge in [0.2, 0.25) is 0 Å². The van der Waals surface area contributed by atoms with E-state index >= 15 is 0 Å². The van der Waals surface area contributed by atoms with Gasteiger partial charge in [0.1, 0.15) is 0 Å². The van der Waals surface area contributed by atoms with Gasteiger partial charge in [-0.25, -0.2) is 0 Å². The molecule has 0 aliphatic heterocycles. The SMILES string of the molecule is CC1CC(N)C12CC2. The van der Waals surface area contributed by atoms with Crippen LogP contribution >= 0.6 is 0 Å². The molecule has 0 amide bonds. The lowest BCUT2D eigenvalue weighted by Crippen LogP contribution is -2.47. The molecule has 0 radical (unpaired) electrons. The van der Waals surface area contributed by atoms with Gasteiger partial charge in [0.15, 0.2) is 0 Å². The third-order valence-corrected chi connectivity index (χ3v) is 3.15. The summed E-state index contributed by atoms with van der Waals surface area (Å²) < 4.78 is 0. The van der Waals surface area contributed by atoms with Gasteiger partial charge in [0.25, 0.3) is 0 Å². The van der Waals surface area contributed by atoms with Crippen molar-refractivity contribution < 1.29 is 0 Å². The molecule has 2 atom stereocenters. The van der Waals surface area contributed by atoms with Crippen molar-refractivity contribution in [3.63, 3.8) is 0 Å². The molecule has 2 aliphatic rings. The Kier molecular flexibility index (Phi) is 0.663. The first-order valence-corrected chi connectivity index (χ1v) is 3.51. The van der Waals surface area contributed by atoms with E-state index in [-0.39, 0.29) is 0 Å². The third-order valence-electron chi connectivity index (χ3n) is 3.15. The average molecular weight is 111 g/mol. The summed E-state index contributed by atoms with van der Waals surface area (Å²) in [7, 11) is 0. The molecule has 0 saturated heterocycles. The van der Waals surface area contributed by atoms with Gasteiger partial charge in [-0.1, -0.05) is 6.92 Å². The minimum atomic E-state index is 0.567. The molecule has 0 aromatic heterocycles. The molecule has 8 heavy (non-hydrogen) atoms. The molecule has 0 heterocycles. The fourth-order valence-corrected chi connectivity index (χ4v) is 2.06. The van der Waals surface area contributed by atoms with Gasteiger partial charge in [-0.15, -0.1) is 0 Å². The lowest BCUT2D eigenvalue weighted by molar-refractivity contribution is 0.126. The van der Waals surface area contributed by atoms with Crippen molar-refractivity contribution in [1.29, 1.82) is 0 Å². The second-order valence-electron chi connectivity index (χ2n) is 3.48. The topological polar surface area (TPSA) is 26.0 Å². The smallest absolute Gasteiger partial charge is 0.0101 e. The van der Waals surface area contributed by atoms with E-state index < -0.39 is 0 Å². The van der Waals surface area contributed by atoms with Crippen LogP contribution < -0.4 is 5.73 Å². The molecule has 2 fully saturated rings. The van der Waals surface area contributed by atoms with Gasteiger partial charge in [0, 0.05) is 6.04 Å². The van der Waals surface area contributed by atoms with Crippen LogP contribution in [0.2, 0.25) is 0 Å². The van der Waals surface area contributed by atoms with Crippen molar-refractivity contribution in [2.24, 2.45) is 17.1 Å². The molecule has 1 spiro atoms. The summed E-state index contributed by atoms with van der Waals surface area (Å²) in [6.45, 7) is 2.33. The normalized spacial score (nSPS) is 48.8.